The summed E-state index contributed by atoms with van der Waals surface area (Å²) in [6.45, 7) is 2.15. The van der Waals surface area contributed by atoms with Crippen LogP contribution < -0.4 is 15.5 Å². The molecule has 1 aliphatic heterocycles. The van der Waals surface area contributed by atoms with Crippen LogP contribution in [0.5, 0.6) is 0 Å². The number of hydrogen-bond donors (Lipinski definition) is 2. The van der Waals surface area contributed by atoms with E-state index in [9.17, 15) is 9.59 Å². The van der Waals surface area contributed by atoms with E-state index in [1.54, 1.807) is 25.1 Å². The Labute approximate surface area is 165 Å². The van der Waals surface area contributed by atoms with E-state index in [-0.39, 0.29) is 30.3 Å². The van der Waals surface area contributed by atoms with Crippen LogP contribution in [0.15, 0.2) is 48.7 Å². The van der Waals surface area contributed by atoms with E-state index in [0.29, 0.717) is 13.0 Å². The summed E-state index contributed by atoms with van der Waals surface area (Å²) >= 11 is 0. The molecule has 27 heavy (non-hydrogen) atoms. The highest BCUT2D eigenvalue weighted by Crippen LogP contribution is 2.28. The minimum atomic E-state index is -0.547. The van der Waals surface area contributed by atoms with Gasteiger partial charge >= 0.3 is 0 Å². The number of rotatable bonds is 5. The minimum Gasteiger partial charge on any atom is -0.343 e. The summed E-state index contributed by atoms with van der Waals surface area (Å²) in [5.41, 5.74) is 2.81. The number of halogens is 1. The number of carbonyl (C=O) groups excluding carboxylic acids is 2. The first-order valence-corrected chi connectivity index (χ1v) is 8.87. The first-order chi connectivity index (χ1) is 12.6. The fourth-order valence-electron chi connectivity index (χ4n) is 3.09. The quantitative estimate of drug-likeness (QED) is 0.822. The van der Waals surface area contributed by atoms with Crippen molar-refractivity contribution in [1.29, 1.82) is 0 Å². The van der Waals surface area contributed by atoms with Gasteiger partial charge in [-0.15, -0.1) is 12.4 Å². The molecule has 0 radical (unpaired) electrons. The number of nitrogens with one attached hydrogen (secondary N) is 2. The molecule has 7 heteroatoms. The van der Waals surface area contributed by atoms with E-state index in [1.807, 2.05) is 42.5 Å². The predicted octanol–water partition coefficient (Wildman–Crippen LogP) is 2.08. The number of amides is 2. The zero-order valence-electron chi connectivity index (χ0n) is 15.5. The van der Waals surface area contributed by atoms with E-state index in [1.165, 1.54) is 0 Å². The summed E-state index contributed by atoms with van der Waals surface area (Å²) in [4.78, 5) is 31.6. The number of pyridine rings is 1. The number of aryl methyl sites for hydroxylation is 1. The second-order valence-electron chi connectivity index (χ2n) is 6.48. The molecule has 6 nitrogen and oxygen atoms in total. The number of aromatic nitrogens is 1. The molecular formula is C20H25ClN4O2. The molecular weight excluding hydrogens is 364 g/mol. The molecule has 0 bridgehead atoms. The molecule has 2 amide bonds. The molecule has 0 saturated carbocycles. The van der Waals surface area contributed by atoms with Crippen molar-refractivity contribution in [2.75, 3.05) is 11.9 Å². The number of fused-ring (bicyclic) bond motifs is 1. The average Bonchev–Trinajstić information content (AvgIpc) is 2.80. The zero-order chi connectivity index (χ0) is 18.5. The Morgan fingerprint density at radius 2 is 2.00 bits per heavy atom. The van der Waals surface area contributed by atoms with Gasteiger partial charge in [0.25, 0.3) is 0 Å². The molecule has 3 rings (SSSR count). The fourth-order valence-corrected chi connectivity index (χ4v) is 3.09. The van der Waals surface area contributed by atoms with Gasteiger partial charge in [0.2, 0.25) is 11.8 Å². The molecule has 0 aliphatic carbocycles. The standard InChI is InChI=1S/C20H24N4O2.ClH/c1-14(21-2)19(25)23-17-11-10-15-7-3-4-9-18(15)24(20(17)26)13-16-8-5-6-12-22-16;/h3-9,12,14,17,21H,10-11,13H2,1-2H3,(H,23,25);1H. The van der Waals surface area contributed by atoms with Gasteiger partial charge in [-0.1, -0.05) is 24.3 Å². The number of para-hydroxylation sites is 1. The second-order valence-corrected chi connectivity index (χ2v) is 6.48. The van der Waals surface area contributed by atoms with Crippen LogP contribution in [0.1, 0.15) is 24.6 Å². The summed E-state index contributed by atoms with van der Waals surface area (Å²) in [6.07, 6.45) is 3.04. The molecule has 1 aromatic heterocycles. The lowest BCUT2D eigenvalue weighted by atomic mass is 10.1. The van der Waals surface area contributed by atoms with Crippen LogP contribution in [0.4, 0.5) is 5.69 Å². The van der Waals surface area contributed by atoms with E-state index in [4.69, 9.17) is 0 Å². The molecule has 144 valence electrons. The highest BCUT2D eigenvalue weighted by Gasteiger charge is 2.32. The van der Waals surface area contributed by atoms with Crippen molar-refractivity contribution < 1.29 is 9.59 Å². The fraction of sp³-hybridized carbons (Fsp3) is 0.350. The van der Waals surface area contributed by atoms with Gasteiger partial charge in [-0.05, 0) is 50.6 Å². The molecule has 1 aromatic carbocycles. The van der Waals surface area contributed by atoms with Crippen LogP contribution in [-0.4, -0.2) is 35.9 Å². The van der Waals surface area contributed by atoms with Gasteiger partial charge in [-0.2, -0.15) is 0 Å². The highest BCUT2D eigenvalue weighted by atomic mass is 35.5. The van der Waals surface area contributed by atoms with Gasteiger partial charge in [0.05, 0.1) is 18.3 Å². The first kappa shape index (κ1) is 20.9. The van der Waals surface area contributed by atoms with Gasteiger partial charge < -0.3 is 15.5 Å². The maximum atomic E-state index is 13.2. The van der Waals surface area contributed by atoms with Crippen molar-refractivity contribution in [3.05, 3.63) is 59.9 Å². The number of anilines is 1. The molecule has 2 N–H and O–H groups in total. The third-order valence-corrected chi connectivity index (χ3v) is 4.74. The van der Waals surface area contributed by atoms with E-state index in [0.717, 1.165) is 23.4 Å². The van der Waals surface area contributed by atoms with Crippen molar-refractivity contribution in [3.8, 4) is 0 Å². The molecule has 1 aliphatic rings. The Kier molecular flexibility index (Phi) is 7.33. The normalized spacial score (nSPS) is 17.3. The van der Waals surface area contributed by atoms with Crippen LogP contribution in [0.2, 0.25) is 0 Å². The number of benzene rings is 1. The highest BCUT2D eigenvalue weighted by molar-refractivity contribution is 6.00. The topological polar surface area (TPSA) is 74.3 Å². The monoisotopic (exact) mass is 388 g/mol. The van der Waals surface area contributed by atoms with Gasteiger partial charge in [-0.25, -0.2) is 0 Å². The number of likely N-dealkylation sites (N-methyl/N-ethyl adjacent to an activating group) is 1. The largest absolute Gasteiger partial charge is 0.343 e. The minimum absolute atomic E-state index is 0. The van der Waals surface area contributed by atoms with Gasteiger partial charge in [0.1, 0.15) is 6.04 Å². The zero-order valence-corrected chi connectivity index (χ0v) is 16.3. The number of carbonyl (C=O) groups is 2. The molecule has 2 aromatic rings. The van der Waals surface area contributed by atoms with Crippen molar-refractivity contribution in [1.82, 2.24) is 15.6 Å². The Balaban J connectivity index is 0.00000261. The summed E-state index contributed by atoms with van der Waals surface area (Å²) in [5.74, 6) is -0.271. The Morgan fingerprint density at radius 3 is 2.70 bits per heavy atom. The summed E-state index contributed by atoms with van der Waals surface area (Å²) < 4.78 is 0. The van der Waals surface area contributed by atoms with Gasteiger partial charge in [-0.3, -0.25) is 14.6 Å². The second kappa shape index (κ2) is 9.48. The number of hydrogen-bond acceptors (Lipinski definition) is 4. The van der Waals surface area contributed by atoms with E-state index < -0.39 is 6.04 Å². The lowest BCUT2D eigenvalue weighted by molar-refractivity contribution is -0.128. The number of nitrogens with zero attached hydrogens (tertiary/aromatic N) is 2. The summed E-state index contributed by atoms with van der Waals surface area (Å²) in [6, 6.07) is 12.7. The van der Waals surface area contributed by atoms with Crippen molar-refractivity contribution in [3.63, 3.8) is 0 Å². The van der Waals surface area contributed by atoms with Gasteiger partial charge in [0.15, 0.2) is 0 Å². The Bertz CT molecular complexity index is 785. The summed E-state index contributed by atoms with van der Waals surface area (Å²) in [7, 11) is 1.72. The van der Waals surface area contributed by atoms with Crippen LogP contribution >= 0.6 is 12.4 Å². The van der Waals surface area contributed by atoms with Crippen molar-refractivity contribution in [2.24, 2.45) is 0 Å². The summed E-state index contributed by atoms with van der Waals surface area (Å²) in [5, 5.41) is 5.80. The molecule has 0 fully saturated rings. The van der Waals surface area contributed by atoms with Crippen LogP contribution in [0, 0.1) is 0 Å². The first-order valence-electron chi connectivity index (χ1n) is 8.87. The smallest absolute Gasteiger partial charge is 0.249 e. The molecule has 2 heterocycles. The molecule has 0 saturated heterocycles. The Hall–Kier alpha value is -2.44. The van der Waals surface area contributed by atoms with Gasteiger partial charge in [0, 0.05) is 11.9 Å². The van der Waals surface area contributed by atoms with E-state index >= 15 is 0 Å². The van der Waals surface area contributed by atoms with Crippen LogP contribution in [0.3, 0.4) is 0 Å². The predicted molar refractivity (Wildman–Crippen MR) is 108 cm³/mol. The van der Waals surface area contributed by atoms with Crippen LogP contribution in [-0.2, 0) is 22.6 Å². The molecule has 2 unspecified atom stereocenters. The molecule has 0 spiro atoms. The van der Waals surface area contributed by atoms with Crippen molar-refractivity contribution in [2.45, 2.75) is 38.4 Å². The lowest BCUT2D eigenvalue weighted by Gasteiger charge is -2.26. The SMILES string of the molecule is CNC(C)C(=O)NC1CCc2ccccc2N(Cc2ccccn2)C1=O.Cl. The third kappa shape index (κ3) is 4.84. The maximum absolute atomic E-state index is 13.2. The van der Waals surface area contributed by atoms with Crippen molar-refractivity contribution >= 4 is 29.9 Å². The average molecular weight is 389 g/mol. The third-order valence-electron chi connectivity index (χ3n) is 4.74. The lowest BCUT2D eigenvalue weighted by Crippen LogP contribution is -2.52. The van der Waals surface area contributed by atoms with E-state index in [2.05, 4.69) is 15.6 Å². The van der Waals surface area contributed by atoms with Crippen LogP contribution in [0.25, 0.3) is 0 Å². The maximum Gasteiger partial charge on any atom is 0.249 e. The molecule has 2 atom stereocenters. The Morgan fingerprint density at radius 1 is 1.26 bits per heavy atom.